The van der Waals surface area contributed by atoms with E-state index in [-0.39, 0.29) is 23.0 Å². The molecule has 3 heterocycles. The number of aromatic nitrogens is 2. The number of carbonyl (C=O) groups is 1. The van der Waals surface area contributed by atoms with E-state index in [0.29, 0.717) is 10.6 Å². The molecule has 2 aromatic rings. The topological polar surface area (TPSA) is 80.9 Å². The fourth-order valence-corrected chi connectivity index (χ4v) is 4.64. The molecule has 0 fully saturated rings. The molecule has 0 saturated carbocycles. The summed E-state index contributed by atoms with van der Waals surface area (Å²) in [5.41, 5.74) is 3.51. The van der Waals surface area contributed by atoms with Crippen molar-refractivity contribution in [1.82, 2.24) is 15.3 Å². The van der Waals surface area contributed by atoms with Gasteiger partial charge in [0.1, 0.15) is 5.69 Å². The van der Waals surface area contributed by atoms with Gasteiger partial charge in [-0.05, 0) is 18.1 Å². The van der Waals surface area contributed by atoms with Crippen LogP contribution in [0.25, 0.3) is 28.9 Å². The van der Waals surface area contributed by atoms with E-state index in [0.717, 1.165) is 33.7 Å². The molecule has 3 atom stereocenters. The van der Waals surface area contributed by atoms with Crippen molar-refractivity contribution in [2.24, 2.45) is 5.92 Å². The van der Waals surface area contributed by atoms with E-state index in [1.54, 1.807) is 6.20 Å². The molecule has 0 saturated heterocycles. The molecule has 0 amide bonds. The second-order valence-electron chi connectivity index (χ2n) is 7.14. The van der Waals surface area contributed by atoms with Crippen LogP contribution in [0.3, 0.4) is 0 Å². The Labute approximate surface area is 170 Å². The quantitative estimate of drug-likeness (QED) is 0.584. The fourth-order valence-electron chi connectivity index (χ4n) is 4.21. The first-order valence-electron chi connectivity index (χ1n) is 9.03. The van der Waals surface area contributed by atoms with Gasteiger partial charge in [0.15, 0.2) is 0 Å². The predicted molar refractivity (Wildman–Crippen MR) is 111 cm³/mol. The summed E-state index contributed by atoms with van der Waals surface area (Å²) in [7, 11) is 0. The van der Waals surface area contributed by atoms with Gasteiger partial charge in [-0.1, -0.05) is 35.9 Å². The third-order valence-electron chi connectivity index (χ3n) is 5.50. The van der Waals surface area contributed by atoms with E-state index < -0.39 is 5.97 Å². The molecule has 0 aromatic carbocycles. The van der Waals surface area contributed by atoms with Crippen molar-refractivity contribution in [3.05, 3.63) is 63.7 Å². The molecule has 142 valence electrons. The first-order valence-corrected chi connectivity index (χ1v) is 9.85. The summed E-state index contributed by atoms with van der Waals surface area (Å²) >= 11 is 12.6. The zero-order valence-corrected chi connectivity index (χ0v) is 16.2. The van der Waals surface area contributed by atoms with E-state index in [2.05, 4.69) is 21.4 Å². The Kier molecular flexibility index (Phi) is 4.03. The maximum atomic E-state index is 11.9. The number of nitrogens with one attached hydrogen (secondary N) is 3. The van der Waals surface area contributed by atoms with E-state index in [9.17, 15) is 9.90 Å². The number of hydrogen-bond acceptors (Lipinski definition) is 2. The molecule has 0 bridgehead atoms. The number of fused-ring (bicyclic) bond motifs is 2. The summed E-state index contributed by atoms with van der Waals surface area (Å²) in [4.78, 5) is 18.2. The van der Waals surface area contributed by atoms with E-state index in [4.69, 9.17) is 23.2 Å². The highest BCUT2D eigenvalue weighted by Crippen LogP contribution is 2.41. The summed E-state index contributed by atoms with van der Waals surface area (Å²) in [5, 5.41) is 15.7. The molecular weight excluding hydrogens is 397 g/mol. The Hall–Kier alpha value is -2.63. The van der Waals surface area contributed by atoms with Gasteiger partial charge in [0.2, 0.25) is 0 Å². The van der Waals surface area contributed by atoms with Crippen LogP contribution in [-0.2, 0) is 0 Å². The van der Waals surface area contributed by atoms with Crippen molar-refractivity contribution in [3.63, 3.8) is 0 Å². The average molecular weight is 414 g/mol. The Morgan fingerprint density at radius 3 is 2.82 bits per heavy atom. The lowest BCUT2D eigenvalue weighted by molar-refractivity contribution is 0.0691. The van der Waals surface area contributed by atoms with E-state index in [1.807, 2.05) is 36.7 Å². The molecule has 2 aliphatic carbocycles. The second-order valence-corrected chi connectivity index (χ2v) is 8.14. The highest BCUT2D eigenvalue weighted by Gasteiger charge is 2.34. The number of hydrogen-bond donors (Lipinski definition) is 4. The summed E-state index contributed by atoms with van der Waals surface area (Å²) in [6.07, 6.45) is 16.2. The first-order chi connectivity index (χ1) is 13.5. The lowest BCUT2D eigenvalue weighted by Crippen LogP contribution is -2.29. The molecule has 7 heteroatoms. The van der Waals surface area contributed by atoms with Crippen LogP contribution in [0.2, 0.25) is 0 Å². The standard InChI is InChI=1S/C21H17Cl2N3O2/c22-10-1-3-17-12(5-10)14(7-24-17)16-9-26-20(21(27)28)19(16)15-8-25-18-4-2-11(23)6-13(15)18/h2-10,13,18,24-26H,1H2,(H,27,28). The van der Waals surface area contributed by atoms with Gasteiger partial charge in [-0.15, -0.1) is 11.6 Å². The van der Waals surface area contributed by atoms with Crippen LogP contribution in [0.4, 0.5) is 0 Å². The lowest BCUT2D eigenvalue weighted by Gasteiger charge is -2.21. The Morgan fingerprint density at radius 1 is 1.18 bits per heavy atom. The smallest absolute Gasteiger partial charge is 0.352 e. The van der Waals surface area contributed by atoms with E-state index >= 15 is 0 Å². The molecule has 3 unspecified atom stereocenters. The van der Waals surface area contributed by atoms with Crippen LogP contribution < -0.4 is 15.9 Å². The van der Waals surface area contributed by atoms with Crippen molar-refractivity contribution in [2.75, 3.05) is 0 Å². The van der Waals surface area contributed by atoms with Crippen LogP contribution in [0.5, 0.6) is 0 Å². The van der Waals surface area contributed by atoms with Gasteiger partial charge in [-0.25, -0.2) is 4.79 Å². The van der Waals surface area contributed by atoms with Crippen molar-refractivity contribution in [2.45, 2.75) is 17.8 Å². The minimum Gasteiger partial charge on any atom is -0.477 e. The van der Waals surface area contributed by atoms with Gasteiger partial charge in [-0.2, -0.15) is 0 Å². The maximum absolute atomic E-state index is 11.9. The third-order valence-corrected chi connectivity index (χ3v) is 6.05. The number of halogens is 2. The second kappa shape index (κ2) is 6.47. The van der Waals surface area contributed by atoms with Crippen LogP contribution in [0.1, 0.15) is 22.5 Å². The SMILES string of the molecule is O=C(O)c1[nH]cc(-c2c[nH]c3c2=CC(Cl)CC=3)c1C1=CNC2C=CC(Cl)=CC12. The molecule has 5 rings (SSSR count). The number of allylic oxidation sites excluding steroid dienone is 2. The van der Waals surface area contributed by atoms with Gasteiger partial charge in [0.25, 0.3) is 0 Å². The van der Waals surface area contributed by atoms with Gasteiger partial charge in [0, 0.05) is 56.8 Å². The molecule has 2 aromatic heterocycles. The largest absolute Gasteiger partial charge is 0.477 e. The molecule has 0 radical (unpaired) electrons. The van der Waals surface area contributed by atoms with Crippen LogP contribution in [0.15, 0.2) is 41.9 Å². The first kappa shape index (κ1) is 17.5. The van der Waals surface area contributed by atoms with Crippen molar-refractivity contribution >= 4 is 46.9 Å². The molecule has 3 aliphatic rings. The summed E-state index contributed by atoms with van der Waals surface area (Å²) in [6, 6.07) is 0.0640. The molecule has 4 N–H and O–H groups in total. The summed E-state index contributed by atoms with van der Waals surface area (Å²) < 4.78 is 0. The molecule has 0 spiro atoms. The van der Waals surface area contributed by atoms with Gasteiger partial charge in [-0.3, -0.25) is 0 Å². The average Bonchev–Trinajstić information content (AvgIpc) is 3.36. The van der Waals surface area contributed by atoms with Crippen molar-refractivity contribution in [3.8, 4) is 11.1 Å². The minimum absolute atomic E-state index is 0.0313. The maximum Gasteiger partial charge on any atom is 0.352 e. The number of aromatic carboxylic acids is 1. The minimum atomic E-state index is -0.998. The molecular formula is C21H17Cl2N3O2. The predicted octanol–water partition coefficient (Wildman–Crippen LogP) is 2.90. The molecule has 28 heavy (non-hydrogen) atoms. The lowest BCUT2D eigenvalue weighted by atomic mass is 9.85. The monoisotopic (exact) mass is 413 g/mol. The van der Waals surface area contributed by atoms with Crippen LogP contribution >= 0.6 is 23.2 Å². The number of carboxylic acid groups (broad SMARTS) is 1. The zero-order chi connectivity index (χ0) is 19.4. The van der Waals surface area contributed by atoms with Gasteiger partial charge in [0.05, 0.1) is 11.4 Å². The number of rotatable bonds is 3. The Balaban J connectivity index is 1.72. The van der Waals surface area contributed by atoms with Crippen molar-refractivity contribution < 1.29 is 9.90 Å². The number of alkyl halides is 1. The van der Waals surface area contributed by atoms with E-state index in [1.165, 1.54) is 0 Å². The van der Waals surface area contributed by atoms with Crippen molar-refractivity contribution in [1.29, 1.82) is 0 Å². The van der Waals surface area contributed by atoms with Gasteiger partial charge < -0.3 is 20.4 Å². The number of carboxylic acids is 1. The number of H-pyrrole nitrogens is 2. The van der Waals surface area contributed by atoms with Gasteiger partial charge >= 0.3 is 5.97 Å². The summed E-state index contributed by atoms with van der Waals surface area (Å²) in [5.74, 6) is -1.03. The Morgan fingerprint density at radius 2 is 2.00 bits per heavy atom. The number of aromatic amines is 2. The molecule has 5 nitrogen and oxygen atoms in total. The third kappa shape index (κ3) is 2.65. The Bertz CT molecular complexity index is 1200. The fraction of sp³-hybridized carbons (Fsp3) is 0.190. The highest BCUT2D eigenvalue weighted by molar-refractivity contribution is 6.31. The van der Waals surface area contributed by atoms with Crippen LogP contribution in [-0.4, -0.2) is 32.5 Å². The molecule has 1 aliphatic heterocycles. The highest BCUT2D eigenvalue weighted by atomic mass is 35.5. The summed E-state index contributed by atoms with van der Waals surface area (Å²) in [6.45, 7) is 0. The zero-order valence-electron chi connectivity index (χ0n) is 14.7. The normalized spacial score (nSPS) is 25.0. The van der Waals surface area contributed by atoms with Crippen LogP contribution in [0, 0.1) is 5.92 Å².